The highest BCUT2D eigenvalue weighted by molar-refractivity contribution is 7.25. The largest absolute Gasteiger partial charge is 0.309 e. The van der Waals surface area contributed by atoms with Crippen LogP contribution in [0.15, 0.2) is 261 Å². The monoisotopic (exact) mass is 1080 g/mol. The summed E-state index contributed by atoms with van der Waals surface area (Å²) in [6.45, 7) is 2.29. The number of aromatic nitrogens is 4. The Labute approximate surface area is 482 Å². The summed E-state index contributed by atoms with van der Waals surface area (Å²) in [6.07, 6.45) is 7.75. The van der Waals surface area contributed by atoms with Crippen molar-refractivity contribution in [2.24, 2.45) is 5.92 Å². The van der Waals surface area contributed by atoms with Gasteiger partial charge in [-0.2, -0.15) is 0 Å². The predicted octanol–water partition coefficient (Wildman–Crippen LogP) is 21.3. The number of hydrogen-bond acceptors (Lipinski definition) is 4. The molecule has 16 aromatic rings. The quantitative estimate of drug-likeness (QED) is 0.167. The van der Waals surface area contributed by atoms with Crippen molar-refractivity contribution in [3.63, 3.8) is 0 Å². The van der Waals surface area contributed by atoms with E-state index >= 15 is 0 Å². The van der Waals surface area contributed by atoms with E-state index in [4.69, 9.17) is 9.97 Å². The number of nitrogens with zero attached hydrogens (tertiary/aromatic N) is 5. The lowest BCUT2D eigenvalue weighted by molar-refractivity contribution is 0.749. The summed E-state index contributed by atoms with van der Waals surface area (Å²) in [4.78, 5) is 14.5. The summed E-state index contributed by atoms with van der Waals surface area (Å²) < 4.78 is 6.11. The van der Waals surface area contributed by atoms with Crippen LogP contribution in [0, 0.1) is 5.92 Å². The van der Waals surface area contributed by atoms with Crippen molar-refractivity contribution in [3.05, 3.63) is 266 Å². The fourth-order valence-electron chi connectivity index (χ4n) is 13.8. The molecule has 0 amide bonds. The fraction of sp³-hybridized carbons (Fsp3) is 0.0390. The number of rotatable bonds is 6. The Hall–Kier alpha value is -10.4. The van der Waals surface area contributed by atoms with Gasteiger partial charge in [0.05, 0.1) is 50.5 Å². The summed E-state index contributed by atoms with van der Waals surface area (Å²) in [5.74, 6) is 0.497. The lowest BCUT2D eigenvalue weighted by atomic mass is 9.90. The Morgan fingerprint density at radius 3 is 2.00 bits per heavy atom. The molecule has 0 fully saturated rings. The number of anilines is 3. The van der Waals surface area contributed by atoms with Crippen molar-refractivity contribution in [3.8, 4) is 45.0 Å². The molecule has 0 radical (unpaired) electrons. The Morgan fingerprint density at radius 1 is 0.410 bits per heavy atom. The molecule has 12 aromatic carbocycles. The maximum Gasteiger partial charge on any atom is 0.143 e. The third kappa shape index (κ3) is 7.06. The van der Waals surface area contributed by atoms with Crippen molar-refractivity contribution in [2.45, 2.75) is 13.3 Å². The van der Waals surface area contributed by atoms with Crippen LogP contribution in [0.25, 0.3) is 147 Å². The van der Waals surface area contributed by atoms with Gasteiger partial charge in [-0.25, -0.2) is 9.97 Å². The summed E-state index contributed by atoms with van der Waals surface area (Å²) in [5.41, 5.74) is 20.3. The van der Waals surface area contributed by atoms with E-state index in [1.54, 1.807) is 11.3 Å². The molecule has 0 bridgehead atoms. The van der Waals surface area contributed by atoms with E-state index in [0.717, 1.165) is 83.9 Å². The molecular formula is C77H49N5S. The van der Waals surface area contributed by atoms with Crippen LogP contribution in [-0.4, -0.2) is 19.1 Å². The smallest absolute Gasteiger partial charge is 0.143 e. The van der Waals surface area contributed by atoms with E-state index in [0.29, 0.717) is 5.92 Å². The molecule has 83 heavy (non-hydrogen) atoms. The van der Waals surface area contributed by atoms with Crippen molar-refractivity contribution < 1.29 is 0 Å². The first-order valence-corrected chi connectivity index (χ1v) is 29.5. The SMILES string of the molecule is CC1C=CC=C(c2cccc(-c3nc4sc5ccccc5c4nc3-c3ccc4cc(N5c6c(ccc7cc(-c8ccc9c(c8)c8cc%10ccccc%10cc8n9-c8ccccc8)ccc67)-n6c7ccccc7c7cccc5c76)ccc4c3)c2)C1. The van der Waals surface area contributed by atoms with Gasteiger partial charge in [-0.1, -0.05) is 177 Å². The van der Waals surface area contributed by atoms with Crippen LogP contribution >= 0.6 is 11.3 Å². The van der Waals surface area contributed by atoms with Gasteiger partial charge >= 0.3 is 0 Å². The Kier molecular flexibility index (Phi) is 9.94. The molecule has 0 saturated carbocycles. The first kappa shape index (κ1) is 46.4. The van der Waals surface area contributed by atoms with Gasteiger partial charge in [0.25, 0.3) is 0 Å². The average molecular weight is 1080 g/mol. The minimum atomic E-state index is 0.497. The van der Waals surface area contributed by atoms with Gasteiger partial charge < -0.3 is 14.0 Å². The van der Waals surface area contributed by atoms with E-state index in [9.17, 15) is 0 Å². The minimum Gasteiger partial charge on any atom is -0.309 e. The van der Waals surface area contributed by atoms with Crippen molar-refractivity contribution >= 4 is 130 Å². The van der Waals surface area contributed by atoms with Crippen molar-refractivity contribution in [1.82, 2.24) is 19.1 Å². The molecule has 0 saturated heterocycles. The summed E-state index contributed by atoms with van der Waals surface area (Å²) >= 11 is 1.71. The lowest BCUT2D eigenvalue weighted by Gasteiger charge is -2.34. The van der Waals surface area contributed by atoms with E-state index < -0.39 is 0 Å². The zero-order valence-electron chi connectivity index (χ0n) is 45.3. The Bertz CT molecular complexity index is 5520. The average Bonchev–Trinajstić information content (AvgIpc) is 3.51. The molecule has 0 N–H and O–H groups in total. The highest BCUT2D eigenvalue weighted by atomic mass is 32.1. The Balaban J connectivity index is 0.792. The number of fused-ring (bicyclic) bond motifs is 15. The van der Waals surface area contributed by atoms with Gasteiger partial charge in [0.2, 0.25) is 0 Å². The third-order valence-corrected chi connectivity index (χ3v) is 18.7. The van der Waals surface area contributed by atoms with Gasteiger partial charge in [-0.3, -0.25) is 0 Å². The topological polar surface area (TPSA) is 38.9 Å². The molecule has 1 unspecified atom stereocenters. The van der Waals surface area contributed by atoms with Crippen LogP contribution < -0.4 is 4.90 Å². The van der Waals surface area contributed by atoms with Crippen LogP contribution in [0.1, 0.15) is 18.9 Å². The molecule has 1 atom stereocenters. The lowest BCUT2D eigenvalue weighted by Crippen LogP contribution is -2.18. The van der Waals surface area contributed by atoms with Crippen LogP contribution in [0.5, 0.6) is 0 Å². The van der Waals surface area contributed by atoms with E-state index in [-0.39, 0.29) is 0 Å². The Morgan fingerprint density at radius 2 is 1.08 bits per heavy atom. The molecule has 0 spiro atoms. The molecule has 6 heteroatoms. The maximum atomic E-state index is 5.56. The third-order valence-electron chi connectivity index (χ3n) is 17.7. The summed E-state index contributed by atoms with van der Waals surface area (Å²) in [7, 11) is 0. The zero-order valence-corrected chi connectivity index (χ0v) is 46.1. The normalized spacial score (nSPS) is 14.2. The summed E-state index contributed by atoms with van der Waals surface area (Å²) in [6, 6.07) is 89.9. The molecule has 5 nitrogen and oxygen atoms in total. The number of allylic oxidation sites excluding steroid dienone is 4. The second kappa shape index (κ2) is 17.8. The van der Waals surface area contributed by atoms with Gasteiger partial charge in [0, 0.05) is 59.5 Å². The van der Waals surface area contributed by atoms with E-state index in [1.165, 1.54) is 92.1 Å². The highest BCUT2D eigenvalue weighted by Gasteiger charge is 2.31. The van der Waals surface area contributed by atoms with Crippen LogP contribution in [0.3, 0.4) is 0 Å². The van der Waals surface area contributed by atoms with Gasteiger partial charge in [-0.15, -0.1) is 11.3 Å². The van der Waals surface area contributed by atoms with Gasteiger partial charge in [-0.05, 0) is 153 Å². The van der Waals surface area contributed by atoms with Gasteiger partial charge in [0.15, 0.2) is 0 Å². The van der Waals surface area contributed by atoms with Crippen molar-refractivity contribution in [2.75, 3.05) is 4.90 Å². The van der Waals surface area contributed by atoms with Crippen molar-refractivity contribution in [1.29, 1.82) is 0 Å². The maximum absolute atomic E-state index is 5.56. The van der Waals surface area contributed by atoms with Crippen LogP contribution in [0.4, 0.5) is 17.1 Å². The molecule has 4 aromatic heterocycles. The molecule has 1 aliphatic carbocycles. The molecule has 388 valence electrons. The number of hydrogen-bond donors (Lipinski definition) is 0. The van der Waals surface area contributed by atoms with Crippen LogP contribution in [-0.2, 0) is 0 Å². The first-order chi connectivity index (χ1) is 41.0. The van der Waals surface area contributed by atoms with Gasteiger partial charge in [0.1, 0.15) is 10.3 Å². The number of para-hydroxylation sites is 3. The predicted molar refractivity (Wildman–Crippen MR) is 352 cm³/mol. The molecule has 5 heterocycles. The molecule has 1 aliphatic heterocycles. The summed E-state index contributed by atoms with van der Waals surface area (Å²) in [5, 5.41) is 13.2. The first-order valence-electron chi connectivity index (χ1n) is 28.7. The van der Waals surface area contributed by atoms with Crippen LogP contribution in [0.2, 0.25) is 0 Å². The van der Waals surface area contributed by atoms with E-state index in [2.05, 4.69) is 282 Å². The number of benzene rings is 12. The molecular weight excluding hydrogens is 1030 g/mol. The minimum absolute atomic E-state index is 0.497. The molecule has 18 rings (SSSR count). The second-order valence-electron chi connectivity index (χ2n) is 22.6. The second-order valence-corrected chi connectivity index (χ2v) is 23.6. The standard InChI is InChI=1S/C77H49N5S/c1-46-14-11-17-47(38-46)48-18-12-19-56(40-48)73-72(78-74-63-23-8-10-27-71(63)83-77(74)79-73)57-29-28-53-42-59(34-30-51(53)41-57)81-68-26-13-24-62-61-22-7-9-25-66(61)82(76(62)68)69-37-33-55-39-52(31-35-60(55)75(69)81)54-32-36-67-64(44-54)65-43-49-15-5-6-16-50(49)45-70(65)80(67)58-20-3-2-4-21-58/h2-37,39-46H,38H2,1H3. The fourth-order valence-corrected chi connectivity index (χ4v) is 14.8. The highest BCUT2D eigenvalue weighted by Crippen LogP contribution is 2.53. The molecule has 2 aliphatic rings. The zero-order chi connectivity index (χ0) is 54.4. The van der Waals surface area contributed by atoms with E-state index in [1.807, 2.05) is 0 Å². The number of thiophene rings is 1.